The fraction of sp³-hybridized carbons (Fsp3) is 0.932. The number of allylic oxidation sites excluding steroid dienone is 4. The normalized spacial score (nSPS) is 18.3. The van der Waals surface area contributed by atoms with Gasteiger partial charge in [0.2, 0.25) is 5.91 Å². The summed E-state index contributed by atoms with van der Waals surface area (Å²) in [7, 11) is 0. The van der Waals surface area contributed by atoms with Crippen LogP contribution in [-0.2, 0) is 14.3 Å². The summed E-state index contributed by atoms with van der Waals surface area (Å²) in [6, 6.07) is -0.719. The lowest BCUT2D eigenvalue weighted by atomic mass is 9.99. The minimum atomic E-state index is -1.55. The van der Waals surface area contributed by atoms with Gasteiger partial charge >= 0.3 is 0 Å². The van der Waals surface area contributed by atoms with Crippen LogP contribution in [0.25, 0.3) is 0 Å². The third-order valence-corrected chi connectivity index (χ3v) is 18.1. The highest BCUT2D eigenvalue weighted by Gasteiger charge is 2.44. The maximum absolute atomic E-state index is 13.2. The molecule has 1 heterocycles. The van der Waals surface area contributed by atoms with Crippen molar-refractivity contribution in [1.82, 2.24) is 5.32 Å². The van der Waals surface area contributed by atoms with Gasteiger partial charge in [-0.1, -0.05) is 359 Å². The number of rotatable bonds is 66. The maximum Gasteiger partial charge on any atom is 0.220 e. The topological polar surface area (TPSA) is 149 Å². The highest BCUT2D eigenvalue weighted by atomic mass is 16.7. The van der Waals surface area contributed by atoms with Crippen molar-refractivity contribution in [1.29, 1.82) is 0 Å². The highest BCUT2D eigenvalue weighted by Crippen LogP contribution is 2.24. The molecule has 1 aliphatic heterocycles. The van der Waals surface area contributed by atoms with Crippen molar-refractivity contribution in [2.45, 2.75) is 429 Å². The van der Waals surface area contributed by atoms with Crippen LogP contribution in [0, 0.1) is 0 Å². The Balaban J connectivity index is 2.06. The fourth-order valence-electron chi connectivity index (χ4n) is 12.3. The zero-order valence-electron chi connectivity index (χ0n) is 55.2. The zero-order chi connectivity index (χ0) is 60.0. The molecule has 1 aliphatic rings. The predicted octanol–water partition coefficient (Wildman–Crippen LogP) is 20.4. The Labute approximate surface area is 515 Å². The van der Waals surface area contributed by atoms with Gasteiger partial charge in [0.25, 0.3) is 0 Å². The summed E-state index contributed by atoms with van der Waals surface area (Å²) in [4.78, 5) is 13.2. The average molecular weight is 1170 g/mol. The van der Waals surface area contributed by atoms with Crippen molar-refractivity contribution in [3.05, 3.63) is 24.3 Å². The minimum Gasteiger partial charge on any atom is -0.394 e. The standard InChI is InChI=1S/C74H143NO8/c1-3-5-7-9-11-13-15-17-19-21-23-25-27-28-29-30-31-32-33-34-35-36-37-38-39-40-42-44-46-48-50-52-54-56-58-60-62-64-70(78)75-67(66-82-74-73(81)72(80)71(79)69(65-76)83-74)68(77)63-61-59-57-55-53-51-49-47-45-43-41-26-24-22-20-18-16-14-12-10-8-6-4-2/h29-30,32-33,67-69,71-74,76-77,79-81H,3-28,31,34-66H2,1-2H3,(H,75,78)/b30-29-,33-32-. The van der Waals surface area contributed by atoms with Crippen LogP contribution in [0.4, 0.5) is 0 Å². The number of carbonyl (C=O) groups is 1. The second-order valence-corrected chi connectivity index (χ2v) is 26.1. The molecule has 0 aromatic heterocycles. The van der Waals surface area contributed by atoms with Crippen molar-refractivity contribution in [3.8, 4) is 0 Å². The van der Waals surface area contributed by atoms with Gasteiger partial charge in [-0.05, 0) is 44.9 Å². The molecular weight excluding hydrogens is 1030 g/mol. The second kappa shape index (κ2) is 63.7. The number of aliphatic hydroxyl groups excluding tert-OH is 5. The molecule has 1 rings (SSSR count). The quantitative estimate of drug-likeness (QED) is 0.0261. The van der Waals surface area contributed by atoms with Crippen molar-refractivity contribution in [2.24, 2.45) is 0 Å². The molecule has 1 amide bonds. The van der Waals surface area contributed by atoms with E-state index in [-0.39, 0.29) is 12.5 Å². The molecule has 0 saturated carbocycles. The van der Waals surface area contributed by atoms with E-state index >= 15 is 0 Å². The lowest BCUT2D eigenvalue weighted by Gasteiger charge is -2.40. The molecule has 83 heavy (non-hydrogen) atoms. The molecule has 0 aromatic carbocycles. The Hall–Kier alpha value is -1.33. The smallest absolute Gasteiger partial charge is 0.220 e. The zero-order valence-corrected chi connectivity index (χ0v) is 55.2. The number of hydrogen-bond acceptors (Lipinski definition) is 8. The summed E-state index contributed by atoms with van der Waals surface area (Å²) in [5.41, 5.74) is 0. The maximum atomic E-state index is 13.2. The van der Waals surface area contributed by atoms with Crippen molar-refractivity contribution < 1.29 is 39.8 Å². The molecule has 1 saturated heterocycles. The first-order chi connectivity index (χ1) is 40.8. The summed E-state index contributed by atoms with van der Waals surface area (Å²) in [5, 5.41) is 55.0. The minimum absolute atomic E-state index is 0.133. The molecular formula is C74H143NO8. The first-order valence-electron chi connectivity index (χ1n) is 37.0. The first-order valence-corrected chi connectivity index (χ1v) is 37.0. The molecule has 0 spiro atoms. The Bertz CT molecular complexity index is 1360. The molecule has 0 aromatic rings. The van der Waals surface area contributed by atoms with Gasteiger partial charge in [0.05, 0.1) is 25.4 Å². The third kappa shape index (κ3) is 52.3. The highest BCUT2D eigenvalue weighted by molar-refractivity contribution is 5.76. The van der Waals surface area contributed by atoms with Crippen LogP contribution in [0.5, 0.6) is 0 Å². The third-order valence-electron chi connectivity index (χ3n) is 18.1. The lowest BCUT2D eigenvalue weighted by molar-refractivity contribution is -0.302. The number of nitrogens with one attached hydrogen (secondary N) is 1. The number of unbranched alkanes of at least 4 members (excludes halogenated alkanes) is 52. The van der Waals surface area contributed by atoms with Gasteiger partial charge in [0.1, 0.15) is 24.4 Å². The monoisotopic (exact) mass is 1170 g/mol. The van der Waals surface area contributed by atoms with Gasteiger partial charge in [-0.25, -0.2) is 0 Å². The molecule has 0 aliphatic carbocycles. The molecule has 9 nitrogen and oxygen atoms in total. The summed E-state index contributed by atoms with van der Waals surface area (Å²) in [6.07, 6.45) is 76.9. The van der Waals surface area contributed by atoms with E-state index in [9.17, 15) is 30.3 Å². The summed E-state index contributed by atoms with van der Waals surface area (Å²) >= 11 is 0. The Morgan fingerprint density at radius 3 is 1.04 bits per heavy atom. The van der Waals surface area contributed by atoms with E-state index in [1.807, 2.05) is 0 Å². The van der Waals surface area contributed by atoms with E-state index in [0.29, 0.717) is 12.8 Å². The van der Waals surface area contributed by atoms with Crippen LogP contribution < -0.4 is 5.32 Å². The Morgan fingerprint density at radius 1 is 0.410 bits per heavy atom. The van der Waals surface area contributed by atoms with Crippen LogP contribution in [0.1, 0.15) is 386 Å². The lowest BCUT2D eigenvalue weighted by Crippen LogP contribution is -2.60. The molecule has 6 N–H and O–H groups in total. The number of hydrogen-bond donors (Lipinski definition) is 6. The van der Waals surface area contributed by atoms with Crippen LogP contribution in [0.15, 0.2) is 24.3 Å². The largest absolute Gasteiger partial charge is 0.394 e. The Kier molecular flexibility index (Phi) is 61.1. The first kappa shape index (κ1) is 79.7. The molecule has 9 heteroatoms. The SMILES string of the molecule is CCCCCCCCCCCCCCC/C=C\C/C=C\CCCCCCCCCCCCCCCCCCCC(=O)NC(COC1OC(CO)C(O)C(O)C1O)C(O)CCCCCCCCCCCCCCCCCCCCCCCCC. The van der Waals surface area contributed by atoms with E-state index in [2.05, 4.69) is 43.5 Å². The average Bonchev–Trinajstić information content (AvgIpc) is 3.60. The van der Waals surface area contributed by atoms with E-state index in [0.717, 1.165) is 44.9 Å². The number of ether oxygens (including phenoxy) is 2. The van der Waals surface area contributed by atoms with Crippen molar-refractivity contribution in [2.75, 3.05) is 13.2 Å². The fourth-order valence-corrected chi connectivity index (χ4v) is 12.3. The van der Waals surface area contributed by atoms with Crippen molar-refractivity contribution in [3.63, 3.8) is 0 Å². The van der Waals surface area contributed by atoms with Crippen molar-refractivity contribution >= 4 is 5.91 Å². The summed E-state index contributed by atoms with van der Waals surface area (Å²) in [5.74, 6) is -0.136. The van der Waals surface area contributed by atoms with Gasteiger partial charge in [-0.3, -0.25) is 4.79 Å². The number of amides is 1. The van der Waals surface area contributed by atoms with Gasteiger partial charge in [-0.2, -0.15) is 0 Å². The van der Waals surface area contributed by atoms with E-state index in [4.69, 9.17) is 9.47 Å². The van der Waals surface area contributed by atoms with Gasteiger partial charge in [0, 0.05) is 6.42 Å². The van der Waals surface area contributed by atoms with E-state index in [1.165, 1.54) is 315 Å². The van der Waals surface area contributed by atoms with Crippen LogP contribution >= 0.6 is 0 Å². The van der Waals surface area contributed by atoms with Crippen LogP contribution in [-0.4, -0.2) is 87.5 Å². The molecule has 7 atom stereocenters. The summed E-state index contributed by atoms with van der Waals surface area (Å²) in [6.45, 7) is 3.90. The van der Waals surface area contributed by atoms with Gasteiger partial charge in [0.15, 0.2) is 6.29 Å². The number of carbonyl (C=O) groups excluding carboxylic acids is 1. The molecule has 0 bridgehead atoms. The Morgan fingerprint density at radius 2 is 0.711 bits per heavy atom. The number of aliphatic hydroxyl groups is 5. The second-order valence-electron chi connectivity index (χ2n) is 26.1. The van der Waals surface area contributed by atoms with Crippen LogP contribution in [0.2, 0.25) is 0 Å². The van der Waals surface area contributed by atoms with Crippen LogP contribution in [0.3, 0.4) is 0 Å². The molecule has 492 valence electrons. The summed E-state index contributed by atoms with van der Waals surface area (Å²) < 4.78 is 11.4. The molecule has 7 unspecified atom stereocenters. The van der Waals surface area contributed by atoms with Gasteiger partial charge in [-0.15, -0.1) is 0 Å². The molecule has 1 fully saturated rings. The van der Waals surface area contributed by atoms with E-state index < -0.39 is 49.5 Å². The predicted molar refractivity (Wildman–Crippen MR) is 355 cm³/mol. The van der Waals surface area contributed by atoms with Gasteiger partial charge < -0.3 is 40.3 Å². The van der Waals surface area contributed by atoms with E-state index in [1.54, 1.807) is 0 Å². The molecule has 0 radical (unpaired) electrons.